The lowest BCUT2D eigenvalue weighted by Gasteiger charge is -2.23. The van der Waals surface area contributed by atoms with Crippen molar-refractivity contribution < 1.29 is 0 Å². The number of nitrogens with one attached hydrogen (secondary N) is 2. The molecule has 0 atom stereocenters. The van der Waals surface area contributed by atoms with Crippen molar-refractivity contribution in [1.29, 1.82) is 0 Å². The van der Waals surface area contributed by atoms with Gasteiger partial charge in [-0.25, -0.2) is 9.97 Å². The summed E-state index contributed by atoms with van der Waals surface area (Å²) in [6.07, 6.45) is 3.41. The van der Waals surface area contributed by atoms with E-state index in [1.807, 2.05) is 0 Å². The molecule has 1 aromatic rings. The van der Waals surface area contributed by atoms with Gasteiger partial charge < -0.3 is 10.6 Å². The van der Waals surface area contributed by atoms with Gasteiger partial charge in [-0.3, -0.25) is 0 Å². The van der Waals surface area contributed by atoms with Crippen LogP contribution < -0.4 is 10.6 Å². The first-order valence-electron chi connectivity index (χ1n) is 6.99. The van der Waals surface area contributed by atoms with Gasteiger partial charge in [0.2, 0.25) is 0 Å². The predicted molar refractivity (Wildman–Crippen MR) is 75.0 cm³/mol. The lowest BCUT2D eigenvalue weighted by Crippen LogP contribution is -2.31. The lowest BCUT2D eigenvalue weighted by molar-refractivity contribution is 0.389. The van der Waals surface area contributed by atoms with Crippen molar-refractivity contribution in [3.8, 4) is 0 Å². The number of hydrogen-bond donors (Lipinski definition) is 2. The van der Waals surface area contributed by atoms with Crippen LogP contribution in [-0.2, 0) is 6.42 Å². The highest BCUT2D eigenvalue weighted by atomic mass is 15.0. The van der Waals surface area contributed by atoms with Crippen molar-refractivity contribution in [3.05, 3.63) is 17.1 Å². The fraction of sp³-hybridized carbons (Fsp3) is 0.714. The summed E-state index contributed by atoms with van der Waals surface area (Å²) in [5.41, 5.74) is 2.27. The predicted octanol–water partition coefficient (Wildman–Crippen LogP) is 2.07. The van der Waals surface area contributed by atoms with Crippen LogP contribution in [0.4, 0.5) is 5.82 Å². The first kappa shape index (κ1) is 13.3. The summed E-state index contributed by atoms with van der Waals surface area (Å²) in [5.74, 6) is 2.73. The van der Waals surface area contributed by atoms with E-state index < -0.39 is 0 Å². The average Bonchev–Trinajstić information content (AvgIpc) is 2.41. The Labute approximate surface area is 110 Å². The summed E-state index contributed by atoms with van der Waals surface area (Å²) in [6.45, 7) is 9.58. The summed E-state index contributed by atoms with van der Waals surface area (Å²) in [6, 6.07) is 0. The second-order valence-corrected chi connectivity index (χ2v) is 5.13. The number of rotatable bonds is 4. The number of anilines is 1. The minimum Gasteiger partial charge on any atom is -0.369 e. The Morgan fingerprint density at radius 1 is 1.22 bits per heavy atom. The van der Waals surface area contributed by atoms with Gasteiger partial charge in [0.15, 0.2) is 0 Å². The molecule has 18 heavy (non-hydrogen) atoms. The van der Waals surface area contributed by atoms with Gasteiger partial charge in [0.25, 0.3) is 0 Å². The Hall–Kier alpha value is -1.16. The van der Waals surface area contributed by atoms with E-state index in [-0.39, 0.29) is 0 Å². The molecular formula is C14H24N4. The topological polar surface area (TPSA) is 49.8 Å². The van der Waals surface area contributed by atoms with E-state index in [9.17, 15) is 0 Å². The smallest absolute Gasteiger partial charge is 0.132 e. The van der Waals surface area contributed by atoms with Crippen LogP contribution in [0.3, 0.4) is 0 Å². The number of piperidine rings is 1. The van der Waals surface area contributed by atoms with Gasteiger partial charge in [-0.05, 0) is 45.7 Å². The molecule has 0 amide bonds. The van der Waals surface area contributed by atoms with E-state index in [1.165, 1.54) is 18.4 Å². The second-order valence-electron chi connectivity index (χ2n) is 5.13. The van der Waals surface area contributed by atoms with Gasteiger partial charge in [0.1, 0.15) is 11.6 Å². The molecule has 2 N–H and O–H groups in total. The standard InChI is InChI=1S/C14H24N4/c1-4-13-17-11(3)10(2)14(18-13)16-9-12-5-7-15-8-6-12/h12,15H,4-9H2,1-3H3,(H,16,17,18). The Morgan fingerprint density at radius 2 is 1.94 bits per heavy atom. The van der Waals surface area contributed by atoms with Crippen molar-refractivity contribution in [2.75, 3.05) is 25.0 Å². The summed E-state index contributed by atoms with van der Waals surface area (Å²) in [5, 5.41) is 6.92. The minimum atomic E-state index is 0.769. The first-order valence-corrected chi connectivity index (χ1v) is 6.99. The summed E-state index contributed by atoms with van der Waals surface area (Å²) in [7, 11) is 0. The molecule has 1 saturated heterocycles. The van der Waals surface area contributed by atoms with Crippen LogP contribution in [0.2, 0.25) is 0 Å². The molecule has 4 heteroatoms. The molecule has 1 fully saturated rings. The molecule has 2 rings (SSSR count). The van der Waals surface area contributed by atoms with E-state index >= 15 is 0 Å². The Kier molecular flexibility index (Phi) is 4.53. The largest absolute Gasteiger partial charge is 0.369 e. The molecule has 1 aliphatic rings. The first-order chi connectivity index (χ1) is 8.70. The zero-order chi connectivity index (χ0) is 13.0. The van der Waals surface area contributed by atoms with Crippen molar-refractivity contribution in [1.82, 2.24) is 15.3 Å². The highest BCUT2D eigenvalue weighted by molar-refractivity contribution is 5.45. The Morgan fingerprint density at radius 3 is 2.61 bits per heavy atom. The molecule has 0 radical (unpaired) electrons. The molecule has 2 heterocycles. The van der Waals surface area contributed by atoms with Crippen molar-refractivity contribution in [2.24, 2.45) is 5.92 Å². The zero-order valence-corrected chi connectivity index (χ0v) is 11.7. The molecule has 1 aromatic heterocycles. The van der Waals surface area contributed by atoms with Gasteiger partial charge in [0.05, 0.1) is 0 Å². The molecule has 0 spiro atoms. The number of hydrogen-bond acceptors (Lipinski definition) is 4. The third-order valence-electron chi connectivity index (χ3n) is 3.77. The number of aryl methyl sites for hydroxylation is 2. The van der Waals surface area contributed by atoms with Crippen LogP contribution in [0.1, 0.15) is 36.8 Å². The van der Waals surface area contributed by atoms with E-state index in [2.05, 4.69) is 41.4 Å². The Bertz CT molecular complexity index is 397. The highest BCUT2D eigenvalue weighted by Gasteiger charge is 2.14. The van der Waals surface area contributed by atoms with Crippen LogP contribution in [-0.4, -0.2) is 29.6 Å². The fourth-order valence-electron chi connectivity index (χ4n) is 2.34. The molecule has 0 aliphatic carbocycles. The average molecular weight is 248 g/mol. The maximum Gasteiger partial charge on any atom is 0.132 e. The third-order valence-corrected chi connectivity index (χ3v) is 3.77. The monoisotopic (exact) mass is 248 g/mol. The lowest BCUT2D eigenvalue weighted by atomic mass is 9.98. The maximum absolute atomic E-state index is 4.60. The van der Waals surface area contributed by atoms with Gasteiger partial charge >= 0.3 is 0 Å². The fourth-order valence-corrected chi connectivity index (χ4v) is 2.34. The molecule has 0 bridgehead atoms. The van der Waals surface area contributed by atoms with E-state index in [1.54, 1.807) is 0 Å². The number of aromatic nitrogens is 2. The third kappa shape index (κ3) is 3.19. The van der Waals surface area contributed by atoms with Crippen molar-refractivity contribution in [2.45, 2.75) is 40.0 Å². The van der Waals surface area contributed by atoms with Crippen molar-refractivity contribution >= 4 is 5.82 Å². The van der Waals surface area contributed by atoms with Gasteiger partial charge in [-0.15, -0.1) is 0 Å². The van der Waals surface area contributed by atoms with E-state index in [0.717, 1.165) is 49.3 Å². The maximum atomic E-state index is 4.60. The van der Waals surface area contributed by atoms with Crippen LogP contribution in [0.5, 0.6) is 0 Å². The van der Waals surface area contributed by atoms with Crippen LogP contribution in [0.25, 0.3) is 0 Å². The van der Waals surface area contributed by atoms with Crippen molar-refractivity contribution in [3.63, 3.8) is 0 Å². The summed E-state index contributed by atoms with van der Waals surface area (Å²) >= 11 is 0. The van der Waals surface area contributed by atoms with Gasteiger partial charge in [-0.1, -0.05) is 6.92 Å². The molecule has 100 valence electrons. The molecule has 1 aliphatic heterocycles. The van der Waals surface area contributed by atoms with Gasteiger partial charge in [0, 0.05) is 24.2 Å². The zero-order valence-electron chi connectivity index (χ0n) is 11.7. The van der Waals surface area contributed by atoms with Crippen LogP contribution >= 0.6 is 0 Å². The van der Waals surface area contributed by atoms with Crippen LogP contribution in [0.15, 0.2) is 0 Å². The quantitative estimate of drug-likeness (QED) is 0.856. The summed E-state index contributed by atoms with van der Waals surface area (Å²) in [4.78, 5) is 9.08. The van der Waals surface area contributed by atoms with E-state index in [4.69, 9.17) is 0 Å². The minimum absolute atomic E-state index is 0.769. The normalized spacial score (nSPS) is 16.8. The van der Waals surface area contributed by atoms with E-state index in [0.29, 0.717) is 0 Å². The summed E-state index contributed by atoms with van der Waals surface area (Å²) < 4.78 is 0. The molecule has 0 saturated carbocycles. The molecule has 0 aromatic carbocycles. The molecular weight excluding hydrogens is 224 g/mol. The Balaban J connectivity index is 2.01. The SMILES string of the molecule is CCc1nc(C)c(C)c(NCC2CCNCC2)n1. The van der Waals surface area contributed by atoms with Gasteiger partial charge in [-0.2, -0.15) is 0 Å². The second kappa shape index (κ2) is 6.14. The van der Waals surface area contributed by atoms with Crippen LogP contribution in [0, 0.1) is 19.8 Å². The molecule has 0 unspecified atom stereocenters. The highest BCUT2D eigenvalue weighted by Crippen LogP contribution is 2.17. The number of nitrogens with zero attached hydrogens (tertiary/aromatic N) is 2. The molecule has 4 nitrogen and oxygen atoms in total.